The van der Waals surface area contributed by atoms with Gasteiger partial charge in [-0.25, -0.2) is 5.01 Å². The van der Waals surface area contributed by atoms with Crippen LogP contribution in [0.3, 0.4) is 0 Å². The first-order valence-electron chi connectivity index (χ1n) is 16.0. The summed E-state index contributed by atoms with van der Waals surface area (Å²) in [6, 6.07) is 17.4. The van der Waals surface area contributed by atoms with E-state index < -0.39 is 0 Å². The van der Waals surface area contributed by atoms with Crippen LogP contribution in [0.5, 0.6) is 0 Å². The highest BCUT2D eigenvalue weighted by Gasteiger charge is 2.34. The summed E-state index contributed by atoms with van der Waals surface area (Å²) in [6.45, 7) is 9.48. The second kappa shape index (κ2) is 15.6. The van der Waals surface area contributed by atoms with Crippen LogP contribution in [-0.4, -0.2) is 109 Å². The van der Waals surface area contributed by atoms with Gasteiger partial charge in [-0.3, -0.25) is 14.5 Å². The lowest BCUT2D eigenvalue weighted by atomic mass is 9.89. The fourth-order valence-electron chi connectivity index (χ4n) is 5.96. The first kappa shape index (κ1) is 32.0. The predicted octanol–water partition coefficient (Wildman–Crippen LogP) is 4.29. The highest BCUT2D eigenvalue weighted by Crippen LogP contribution is 2.38. The van der Waals surface area contributed by atoms with Crippen LogP contribution in [0.4, 0.5) is 11.4 Å². The Balaban J connectivity index is 1.11. The first-order chi connectivity index (χ1) is 22.7. The van der Waals surface area contributed by atoms with Crippen LogP contribution in [0.25, 0.3) is 10.8 Å². The molecular formula is C34H41N5O7. The van der Waals surface area contributed by atoms with Crippen molar-refractivity contribution in [1.29, 1.82) is 0 Å². The second-order valence-electron chi connectivity index (χ2n) is 11.2. The zero-order valence-electron chi connectivity index (χ0n) is 26.3. The Morgan fingerprint density at radius 2 is 1.22 bits per heavy atom. The van der Waals surface area contributed by atoms with Crippen molar-refractivity contribution in [1.82, 2.24) is 4.90 Å². The molecule has 1 atom stereocenters. The molecular weight excluding hydrogens is 590 g/mol. The van der Waals surface area contributed by atoms with Crippen molar-refractivity contribution >= 4 is 34.0 Å². The Kier molecular flexibility index (Phi) is 10.8. The summed E-state index contributed by atoms with van der Waals surface area (Å²) < 4.78 is 28.3. The number of amides is 2. The summed E-state index contributed by atoms with van der Waals surface area (Å²) in [6.07, 6.45) is 0. The van der Waals surface area contributed by atoms with E-state index in [0.717, 1.165) is 22.3 Å². The van der Waals surface area contributed by atoms with Crippen molar-refractivity contribution in [2.45, 2.75) is 13.0 Å². The van der Waals surface area contributed by atoms with Gasteiger partial charge in [0.05, 0.1) is 78.3 Å². The minimum absolute atomic E-state index is 0.237. The van der Waals surface area contributed by atoms with Gasteiger partial charge < -0.3 is 28.6 Å². The highest BCUT2D eigenvalue weighted by atomic mass is 16.6. The molecule has 3 aliphatic rings. The third-order valence-corrected chi connectivity index (χ3v) is 8.36. The van der Waals surface area contributed by atoms with E-state index in [9.17, 15) is 9.59 Å². The van der Waals surface area contributed by atoms with Gasteiger partial charge in [-0.2, -0.15) is 5.11 Å². The molecule has 1 unspecified atom stereocenters. The molecule has 3 aromatic rings. The third-order valence-electron chi connectivity index (χ3n) is 8.36. The standard InChI is InChI=1S/C34H41N5O7/c1-2-38-33(40)29-5-3-4-28-27(10-11-30(32(28)29)34(38)41)31-24-39(36-35-31)26-8-6-25(7-9-26)37-12-14-42-16-18-44-20-22-46-23-21-45-19-17-43-15-13-37/h3-11,31H,2,12-24H2,1H3. The summed E-state index contributed by atoms with van der Waals surface area (Å²) >= 11 is 0. The van der Waals surface area contributed by atoms with Crippen LogP contribution in [0.1, 0.15) is 39.2 Å². The Morgan fingerprint density at radius 3 is 1.80 bits per heavy atom. The number of carbonyl (C=O) groups excluding carboxylic acids is 2. The smallest absolute Gasteiger partial charge is 0.261 e. The quantitative estimate of drug-likeness (QED) is 0.389. The lowest BCUT2D eigenvalue weighted by molar-refractivity contribution is -0.0116. The molecule has 0 radical (unpaired) electrons. The number of anilines is 2. The fraction of sp³-hybridized carbons (Fsp3) is 0.471. The Morgan fingerprint density at radius 1 is 0.674 bits per heavy atom. The van der Waals surface area contributed by atoms with Gasteiger partial charge in [-0.05, 0) is 54.3 Å². The highest BCUT2D eigenvalue weighted by molar-refractivity contribution is 6.25. The van der Waals surface area contributed by atoms with Crippen molar-refractivity contribution in [2.24, 2.45) is 10.3 Å². The molecule has 1 saturated heterocycles. The number of rotatable bonds is 4. The number of carbonyl (C=O) groups is 2. The van der Waals surface area contributed by atoms with Crippen molar-refractivity contribution in [3.05, 3.63) is 71.3 Å². The molecule has 0 N–H and O–H groups in total. The molecule has 0 aliphatic carbocycles. The molecule has 6 rings (SSSR count). The molecule has 2 amide bonds. The van der Waals surface area contributed by atoms with Crippen molar-refractivity contribution < 1.29 is 33.3 Å². The first-order valence-corrected chi connectivity index (χ1v) is 16.0. The van der Waals surface area contributed by atoms with Crippen LogP contribution in [-0.2, 0) is 23.7 Å². The lowest BCUT2D eigenvalue weighted by Gasteiger charge is -2.27. The van der Waals surface area contributed by atoms with Gasteiger partial charge in [0.25, 0.3) is 11.8 Å². The SMILES string of the molecule is CCN1C(=O)c2cccc3c(C4CN(c5ccc(N6CCOCCOCCOCCOCCOCC6)cc5)N=N4)ccc(c23)C1=O. The molecule has 244 valence electrons. The molecule has 0 bridgehead atoms. The van der Waals surface area contributed by atoms with Gasteiger partial charge in [0.1, 0.15) is 6.04 Å². The maximum atomic E-state index is 13.0. The van der Waals surface area contributed by atoms with E-state index >= 15 is 0 Å². The summed E-state index contributed by atoms with van der Waals surface area (Å²) in [5.41, 5.74) is 4.03. The predicted molar refractivity (Wildman–Crippen MR) is 173 cm³/mol. The zero-order valence-corrected chi connectivity index (χ0v) is 26.3. The molecule has 0 spiro atoms. The summed E-state index contributed by atoms with van der Waals surface area (Å²) in [5, 5.41) is 12.5. The number of imide groups is 1. The van der Waals surface area contributed by atoms with E-state index in [1.54, 1.807) is 6.07 Å². The van der Waals surface area contributed by atoms with Gasteiger partial charge in [0.2, 0.25) is 0 Å². The van der Waals surface area contributed by atoms with Crippen LogP contribution >= 0.6 is 0 Å². The Hall–Kier alpha value is -3.94. The van der Waals surface area contributed by atoms with Gasteiger partial charge in [-0.15, -0.1) is 0 Å². The minimum Gasteiger partial charge on any atom is -0.377 e. The van der Waals surface area contributed by atoms with Crippen LogP contribution in [0.15, 0.2) is 64.9 Å². The summed E-state index contributed by atoms with van der Waals surface area (Å²) in [4.78, 5) is 29.6. The molecule has 0 saturated carbocycles. The topological polar surface area (TPSA) is 115 Å². The van der Waals surface area contributed by atoms with E-state index in [1.807, 2.05) is 48.3 Å². The maximum absolute atomic E-state index is 13.0. The van der Waals surface area contributed by atoms with Crippen LogP contribution in [0.2, 0.25) is 0 Å². The van der Waals surface area contributed by atoms with E-state index in [-0.39, 0.29) is 17.9 Å². The average molecular weight is 632 g/mol. The van der Waals surface area contributed by atoms with Gasteiger partial charge in [-0.1, -0.05) is 23.4 Å². The summed E-state index contributed by atoms with van der Waals surface area (Å²) in [7, 11) is 0. The number of nitrogens with zero attached hydrogens (tertiary/aromatic N) is 5. The molecule has 12 heteroatoms. The lowest BCUT2D eigenvalue weighted by Crippen LogP contribution is -2.40. The molecule has 1 fully saturated rings. The number of hydrogen-bond donors (Lipinski definition) is 0. The average Bonchev–Trinajstić information content (AvgIpc) is 3.57. The Bertz CT molecular complexity index is 1490. The Labute approximate surface area is 268 Å². The maximum Gasteiger partial charge on any atom is 0.261 e. The van der Waals surface area contributed by atoms with E-state index in [1.165, 1.54) is 4.90 Å². The molecule has 12 nitrogen and oxygen atoms in total. The zero-order chi connectivity index (χ0) is 31.7. The van der Waals surface area contributed by atoms with E-state index in [2.05, 4.69) is 27.4 Å². The van der Waals surface area contributed by atoms with Crippen LogP contribution < -0.4 is 9.91 Å². The van der Waals surface area contributed by atoms with Crippen molar-refractivity contribution in [3.63, 3.8) is 0 Å². The number of hydrogen-bond acceptors (Lipinski definition) is 11. The number of benzene rings is 3. The summed E-state index contributed by atoms with van der Waals surface area (Å²) in [5.74, 6) is -0.511. The second-order valence-corrected chi connectivity index (χ2v) is 11.2. The van der Waals surface area contributed by atoms with Crippen molar-refractivity contribution in [3.8, 4) is 0 Å². The van der Waals surface area contributed by atoms with Crippen molar-refractivity contribution in [2.75, 3.05) is 102 Å². The van der Waals surface area contributed by atoms with Gasteiger partial charge in [0, 0.05) is 41.8 Å². The van der Waals surface area contributed by atoms with E-state index in [0.29, 0.717) is 109 Å². The monoisotopic (exact) mass is 631 g/mol. The molecule has 46 heavy (non-hydrogen) atoms. The van der Waals surface area contributed by atoms with Gasteiger partial charge >= 0.3 is 0 Å². The molecule has 3 aliphatic heterocycles. The molecule has 3 aromatic carbocycles. The molecule has 0 aromatic heterocycles. The normalized spacial score (nSPS) is 21.1. The molecule has 3 heterocycles. The third kappa shape index (κ3) is 7.21. The fourth-order valence-corrected chi connectivity index (χ4v) is 5.96. The largest absolute Gasteiger partial charge is 0.377 e. The van der Waals surface area contributed by atoms with Crippen LogP contribution in [0, 0.1) is 0 Å². The minimum atomic E-state index is -0.255. The van der Waals surface area contributed by atoms with E-state index in [4.69, 9.17) is 23.7 Å². The van der Waals surface area contributed by atoms with Gasteiger partial charge in [0.15, 0.2) is 0 Å². The number of ether oxygens (including phenoxy) is 5.